The number of benzene rings is 1. The summed E-state index contributed by atoms with van der Waals surface area (Å²) in [5, 5.41) is 0. The average Bonchev–Trinajstić information content (AvgIpc) is 2.50. The van der Waals surface area contributed by atoms with Gasteiger partial charge in [-0.1, -0.05) is 31.4 Å². The van der Waals surface area contributed by atoms with Crippen LogP contribution in [0.1, 0.15) is 37.7 Å². The summed E-state index contributed by atoms with van der Waals surface area (Å²) in [4.78, 5) is 11.3. The van der Waals surface area contributed by atoms with Gasteiger partial charge in [0.2, 0.25) is 5.79 Å². The molecule has 0 aromatic heterocycles. The number of rotatable bonds is 2. The Hall–Kier alpha value is -1.23. The minimum absolute atomic E-state index is 0.288. The molecule has 108 valence electrons. The maximum absolute atomic E-state index is 13.0. The maximum atomic E-state index is 13.0. The summed E-state index contributed by atoms with van der Waals surface area (Å²) in [5.41, 5.74) is 0.392. The first-order valence-electron chi connectivity index (χ1n) is 7.07. The SMILES string of the molecule is COC1(c2ccc(F)cc2)C=CC2(CCCCC2)OO1. The van der Waals surface area contributed by atoms with Crippen molar-refractivity contribution in [2.45, 2.75) is 43.5 Å². The molecule has 1 aromatic carbocycles. The fourth-order valence-electron chi connectivity index (χ4n) is 2.91. The van der Waals surface area contributed by atoms with Crippen LogP contribution in [0.3, 0.4) is 0 Å². The van der Waals surface area contributed by atoms with E-state index in [4.69, 9.17) is 14.5 Å². The summed E-state index contributed by atoms with van der Waals surface area (Å²) < 4.78 is 18.5. The second-order valence-electron chi connectivity index (χ2n) is 5.50. The quantitative estimate of drug-likeness (QED) is 0.607. The van der Waals surface area contributed by atoms with E-state index in [1.807, 2.05) is 12.2 Å². The molecule has 1 fully saturated rings. The largest absolute Gasteiger partial charge is 0.344 e. The van der Waals surface area contributed by atoms with Crippen LogP contribution < -0.4 is 0 Å². The van der Waals surface area contributed by atoms with Crippen LogP contribution in [0.4, 0.5) is 4.39 Å². The zero-order chi connectivity index (χ0) is 14.1. The highest BCUT2D eigenvalue weighted by atomic mass is 19.1. The second kappa shape index (κ2) is 5.28. The summed E-state index contributed by atoms with van der Waals surface area (Å²) in [7, 11) is 1.55. The minimum Gasteiger partial charge on any atom is -0.344 e. The van der Waals surface area contributed by atoms with Crippen LogP contribution in [0.5, 0.6) is 0 Å². The van der Waals surface area contributed by atoms with Crippen LogP contribution in [0.25, 0.3) is 0 Å². The van der Waals surface area contributed by atoms with E-state index in [0.29, 0.717) is 5.56 Å². The fourth-order valence-corrected chi connectivity index (χ4v) is 2.91. The van der Waals surface area contributed by atoms with Gasteiger partial charge < -0.3 is 4.74 Å². The molecule has 1 atom stereocenters. The molecule has 1 spiro atoms. The molecule has 1 aliphatic carbocycles. The lowest BCUT2D eigenvalue weighted by atomic mass is 9.83. The molecule has 3 rings (SSSR count). The molecular weight excluding hydrogens is 259 g/mol. The Morgan fingerprint density at radius 1 is 1.00 bits per heavy atom. The van der Waals surface area contributed by atoms with Crippen molar-refractivity contribution in [2.75, 3.05) is 7.11 Å². The minimum atomic E-state index is -1.09. The number of ether oxygens (including phenoxy) is 1. The maximum Gasteiger partial charge on any atom is 0.246 e. The summed E-state index contributed by atoms with van der Waals surface area (Å²) in [5.74, 6) is -1.37. The van der Waals surface area contributed by atoms with Crippen LogP contribution in [0, 0.1) is 5.82 Å². The number of halogens is 1. The highest BCUT2D eigenvalue weighted by molar-refractivity contribution is 5.27. The first kappa shape index (κ1) is 13.7. The summed E-state index contributed by atoms with van der Waals surface area (Å²) >= 11 is 0. The van der Waals surface area contributed by atoms with E-state index in [9.17, 15) is 4.39 Å². The first-order chi connectivity index (χ1) is 9.68. The van der Waals surface area contributed by atoms with Gasteiger partial charge in [-0.25, -0.2) is 9.28 Å². The van der Waals surface area contributed by atoms with Crippen LogP contribution in [0.15, 0.2) is 36.4 Å². The third-order valence-electron chi connectivity index (χ3n) is 4.19. The molecule has 0 amide bonds. The van der Waals surface area contributed by atoms with E-state index in [1.165, 1.54) is 18.6 Å². The van der Waals surface area contributed by atoms with Gasteiger partial charge in [0.25, 0.3) is 0 Å². The van der Waals surface area contributed by atoms with Crippen LogP contribution in [0.2, 0.25) is 0 Å². The molecule has 1 unspecified atom stereocenters. The number of methoxy groups -OCH3 is 1. The lowest BCUT2D eigenvalue weighted by Gasteiger charge is -2.41. The first-order valence-corrected chi connectivity index (χ1v) is 7.07. The molecule has 0 saturated heterocycles. The highest BCUT2D eigenvalue weighted by Crippen LogP contribution is 2.41. The molecule has 20 heavy (non-hydrogen) atoms. The van der Waals surface area contributed by atoms with Crippen molar-refractivity contribution >= 4 is 0 Å². The van der Waals surface area contributed by atoms with Gasteiger partial charge in [-0.2, -0.15) is 4.89 Å². The van der Waals surface area contributed by atoms with Gasteiger partial charge in [-0.3, -0.25) is 0 Å². The van der Waals surface area contributed by atoms with Gasteiger partial charge in [0.15, 0.2) is 0 Å². The van der Waals surface area contributed by atoms with Crippen molar-refractivity contribution in [3.05, 3.63) is 47.8 Å². The Labute approximate surface area is 118 Å². The van der Waals surface area contributed by atoms with Crippen molar-refractivity contribution in [3.8, 4) is 0 Å². The van der Waals surface area contributed by atoms with Crippen molar-refractivity contribution in [1.29, 1.82) is 0 Å². The van der Waals surface area contributed by atoms with Gasteiger partial charge in [0.1, 0.15) is 11.4 Å². The Morgan fingerprint density at radius 3 is 2.25 bits per heavy atom. The van der Waals surface area contributed by atoms with Gasteiger partial charge in [-0.05, 0) is 37.1 Å². The van der Waals surface area contributed by atoms with E-state index in [1.54, 1.807) is 19.2 Å². The average molecular weight is 278 g/mol. The Morgan fingerprint density at radius 2 is 1.70 bits per heavy atom. The van der Waals surface area contributed by atoms with E-state index in [0.717, 1.165) is 25.7 Å². The smallest absolute Gasteiger partial charge is 0.246 e. The summed E-state index contributed by atoms with van der Waals surface area (Å²) in [6.07, 6.45) is 9.39. The molecule has 1 saturated carbocycles. The molecule has 0 radical (unpaired) electrons. The Balaban J connectivity index is 1.88. The lowest BCUT2D eigenvalue weighted by Crippen LogP contribution is -2.43. The molecule has 0 bridgehead atoms. The Kier molecular flexibility index (Phi) is 3.63. The molecule has 3 nitrogen and oxygen atoms in total. The van der Waals surface area contributed by atoms with Crippen molar-refractivity contribution in [2.24, 2.45) is 0 Å². The summed E-state index contributed by atoms with van der Waals surface area (Å²) in [6.45, 7) is 0. The van der Waals surface area contributed by atoms with E-state index >= 15 is 0 Å². The van der Waals surface area contributed by atoms with Crippen molar-refractivity contribution in [1.82, 2.24) is 0 Å². The van der Waals surface area contributed by atoms with E-state index in [-0.39, 0.29) is 11.4 Å². The van der Waals surface area contributed by atoms with Gasteiger partial charge in [0.05, 0.1) is 0 Å². The van der Waals surface area contributed by atoms with E-state index < -0.39 is 5.79 Å². The molecule has 0 N–H and O–H groups in total. The van der Waals surface area contributed by atoms with Crippen LogP contribution in [-0.4, -0.2) is 12.7 Å². The van der Waals surface area contributed by atoms with Gasteiger partial charge >= 0.3 is 0 Å². The summed E-state index contributed by atoms with van der Waals surface area (Å²) in [6, 6.07) is 6.06. The second-order valence-corrected chi connectivity index (χ2v) is 5.50. The van der Waals surface area contributed by atoms with E-state index in [2.05, 4.69) is 0 Å². The van der Waals surface area contributed by atoms with Crippen molar-refractivity contribution < 1.29 is 18.9 Å². The number of hydrogen-bond donors (Lipinski definition) is 0. The monoisotopic (exact) mass is 278 g/mol. The fraction of sp³-hybridized carbons (Fsp3) is 0.500. The predicted octanol–water partition coefficient (Wildman–Crippen LogP) is 3.85. The predicted molar refractivity (Wildman–Crippen MR) is 72.2 cm³/mol. The molecule has 2 aliphatic rings. The van der Waals surface area contributed by atoms with Crippen molar-refractivity contribution in [3.63, 3.8) is 0 Å². The molecule has 4 heteroatoms. The standard InChI is InChI=1S/C16H19FO3/c1-18-16(13-5-7-14(17)8-6-13)12-11-15(19-20-16)9-3-2-4-10-15/h5-8,11-12H,2-4,9-10H2,1H3. The zero-order valence-electron chi connectivity index (χ0n) is 11.6. The molecular formula is C16H19FO3. The molecule has 1 heterocycles. The Bertz CT molecular complexity index is 491. The lowest BCUT2D eigenvalue weighted by molar-refractivity contribution is -0.459. The van der Waals surface area contributed by atoms with Gasteiger partial charge in [-0.15, -0.1) is 0 Å². The highest BCUT2D eigenvalue weighted by Gasteiger charge is 2.43. The van der Waals surface area contributed by atoms with Gasteiger partial charge in [0, 0.05) is 12.7 Å². The normalized spacial score (nSPS) is 28.7. The third kappa shape index (κ3) is 2.39. The zero-order valence-corrected chi connectivity index (χ0v) is 11.6. The number of hydrogen-bond acceptors (Lipinski definition) is 3. The third-order valence-corrected chi connectivity index (χ3v) is 4.19. The van der Waals surface area contributed by atoms with Crippen LogP contribution in [-0.2, 0) is 20.3 Å². The molecule has 1 aromatic rings. The molecule has 1 aliphatic heterocycles. The van der Waals surface area contributed by atoms with Crippen LogP contribution >= 0.6 is 0 Å². The topological polar surface area (TPSA) is 27.7 Å².